The average molecular weight is 383 g/mol. The second-order valence-corrected chi connectivity index (χ2v) is 7.63. The van der Waals surface area contributed by atoms with E-state index in [1.54, 1.807) is 4.68 Å². The Balaban J connectivity index is 1.98. The molecule has 0 amide bonds. The highest BCUT2D eigenvalue weighted by molar-refractivity contribution is 7.89. The summed E-state index contributed by atoms with van der Waals surface area (Å²) in [6, 6.07) is 4.44. The first kappa shape index (κ1) is 17.6. The lowest BCUT2D eigenvalue weighted by atomic mass is 10.4. The van der Waals surface area contributed by atoms with Gasteiger partial charge in [-0.15, -0.1) is 0 Å². The molecule has 1 aromatic carbocycles. The molecule has 120 valence electrons. The number of nitrogens with one attached hydrogen (secondary N) is 1. The normalized spacial score (nSPS) is 11.8. The van der Waals surface area contributed by atoms with Crippen LogP contribution in [0.15, 0.2) is 29.3 Å². The van der Waals surface area contributed by atoms with Crippen molar-refractivity contribution in [2.45, 2.75) is 24.8 Å². The second-order valence-electron chi connectivity index (χ2n) is 4.67. The van der Waals surface area contributed by atoms with Crippen molar-refractivity contribution in [3.63, 3.8) is 0 Å². The maximum Gasteiger partial charge on any atom is 0.242 e. The summed E-state index contributed by atoms with van der Waals surface area (Å²) >= 11 is 17.6. The maximum atomic E-state index is 12.2. The number of nitrogens with zero attached hydrogens (tertiary/aromatic N) is 2. The second kappa shape index (κ2) is 7.19. The quantitative estimate of drug-likeness (QED) is 0.614. The van der Waals surface area contributed by atoms with E-state index in [0.29, 0.717) is 13.0 Å². The predicted octanol–water partition coefficient (Wildman–Crippen LogP) is 3.52. The van der Waals surface area contributed by atoms with Gasteiger partial charge in [0, 0.05) is 19.3 Å². The first-order chi connectivity index (χ1) is 10.3. The van der Waals surface area contributed by atoms with Gasteiger partial charge in [-0.3, -0.25) is 4.68 Å². The molecule has 1 heterocycles. The van der Waals surface area contributed by atoms with Gasteiger partial charge in [0.15, 0.2) is 0 Å². The van der Waals surface area contributed by atoms with Crippen molar-refractivity contribution in [1.29, 1.82) is 0 Å². The summed E-state index contributed by atoms with van der Waals surface area (Å²) < 4.78 is 28.7. The number of sulfonamides is 1. The van der Waals surface area contributed by atoms with Crippen LogP contribution < -0.4 is 4.72 Å². The Morgan fingerprint density at radius 2 is 1.86 bits per heavy atom. The van der Waals surface area contributed by atoms with Gasteiger partial charge in [-0.05, 0) is 31.5 Å². The van der Waals surface area contributed by atoms with Gasteiger partial charge in [0.25, 0.3) is 0 Å². The molecule has 0 aliphatic carbocycles. The van der Waals surface area contributed by atoms with Crippen LogP contribution in [0.3, 0.4) is 0 Å². The molecule has 0 atom stereocenters. The van der Waals surface area contributed by atoms with Crippen molar-refractivity contribution < 1.29 is 8.42 Å². The number of hydrogen-bond donors (Lipinski definition) is 1. The Morgan fingerprint density at radius 1 is 1.18 bits per heavy atom. The van der Waals surface area contributed by atoms with E-state index in [-0.39, 0.29) is 26.5 Å². The molecular formula is C13H14Cl3N3O2S. The number of aromatic nitrogens is 2. The summed E-state index contributed by atoms with van der Waals surface area (Å²) in [4.78, 5) is -0.0847. The third-order valence-electron chi connectivity index (χ3n) is 2.89. The minimum absolute atomic E-state index is 0.0320. The number of halogens is 3. The van der Waals surface area contributed by atoms with E-state index >= 15 is 0 Å². The fraction of sp³-hybridized carbons (Fsp3) is 0.308. The van der Waals surface area contributed by atoms with E-state index in [4.69, 9.17) is 34.8 Å². The summed E-state index contributed by atoms with van der Waals surface area (Å²) in [6.45, 7) is 2.77. The molecule has 22 heavy (non-hydrogen) atoms. The van der Waals surface area contributed by atoms with E-state index in [0.717, 1.165) is 5.69 Å². The van der Waals surface area contributed by atoms with Crippen LogP contribution in [0.5, 0.6) is 0 Å². The molecule has 0 unspecified atom stereocenters. The van der Waals surface area contributed by atoms with Crippen molar-refractivity contribution in [3.8, 4) is 0 Å². The predicted molar refractivity (Wildman–Crippen MR) is 88.2 cm³/mol. The maximum absolute atomic E-state index is 12.2. The van der Waals surface area contributed by atoms with Gasteiger partial charge in [0.05, 0.1) is 20.8 Å². The van der Waals surface area contributed by atoms with Crippen LogP contribution in [0.4, 0.5) is 0 Å². The van der Waals surface area contributed by atoms with Crippen LogP contribution in [-0.4, -0.2) is 24.7 Å². The number of rotatable bonds is 6. The highest BCUT2D eigenvalue weighted by Gasteiger charge is 2.19. The first-order valence-corrected chi connectivity index (χ1v) is 9.05. The van der Waals surface area contributed by atoms with Gasteiger partial charge in [-0.1, -0.05) is 34.8 Å². The molecule has 0 fully saturated rings. The zero-order chi connectivity index (χ0) is 16.3. The van der Waals surface area contributed by atoms with Crippen LogP contribution in [0, 0.1) is 6.92 Å². The third kappa shape index (κ3) is 4.36. The molecule has 0 aliphatic heterocycles. The average Bonchev–Trinajstić information content (AvgIpc) is 2.84. The van der Waals surface area contributed by atoms with Crippen LogP contribution in [0.25, 0.3) is 0 Å². The fourth-order valence-corrected chi connectivity index (χ4v) is 3.90. The van der Waals surface area contributed by atoms with E-state index in [9.17, 15) is 8.42 Å². The molecule has 1 aromatic heterocycles. The standard InChI is InChI=1S/C13H14Cl3N3O2S/c1-9-3-6-19(18-9)5-2-4-17-22(20,21)13-8-11(15)10(14)7-12(13)16/h3,6-8,17H,2,4-5H2,1H3. The third-order valence-corrected chi connectivity index (χ3v) is 5.54. The van der Waals surface area contributed by atoms with E-state index in [2.05, 4.69) is 9.82 Å². The zero-order valence-corrected chi connectivity index (χ0v) is 14.8. The highest BCUT2D eigenvalue weighted by atomic mass is 35.5. The Kier molecular flexibility index (Phi) is 5.74. The number of hydrogen-bond acceptors (Lipinski definition) is 3. The molecule has 9 heteroatoms. The summed E-state index contributed by atoms with van der Waals surface area (Å²) in [6.07, 6.45) is 2.44. The molecule has 2 aromatic rings. The smallest absolute Gasteiger partial charge is 0.242 e. The van der Waals surface area contributed by atoms with Crippen molar-refractivity contribution in [1.82, 2.24) is 14.5 Å². The molecule has 0 saturated carbocycles. The fourth-order valence-electron chi connectivity index (χ4n) is 1.82. The van der Waals surface area contributed by atoms with Crippen LogP contribution in [0.2, 0.25) is 15.1 Å². The zero-order valence-electron chi connectivity index (χ0n) is 11.7. The minimum atomic E-state index is -3.73. The summed E-state index contributed by atoms with van der Waals surface area (Å²) in [5.41, 5.74) is 0.920. The summed E-state index contributed by atoms with van der Waals surface area (Å²) in [5, 5.41) is 4.60. The lowest BCUT2D eigenvalue weighted by molar-refractivity contribution is 0.551. The molecule has 0 radical (unpaired) electrons. The van der Waals surface area contributed by atoms with Gasteiger partial charge >= 0.3 is 0 Å². The highest BCUT2D eigenvalue weighted by Crippen LogP contribution is 2.31. The van der Waals surface area contributed by atoms with E-state index in [1.807, 2.05) is 19.2 Å². The van der Waals surface area contributed by atoms with Crippen LogP contribution >= 0.6 is 34.8 Å². The monoisotopic (exact) mass is 381 g/mol. The van der Waals surface area contributed by atoms with Crippen LogP contribution in [0.1, 0.15) is 12.1 Å². The molecule has 0 spiro atoms. The van der Waals surface area contributed by atoms with Crippen molar-refractivity contribution >= 4 is 44.8 Å². The van der Waals surface area contributed by atoms with Crippen LogP contribution in [-0.2, 0) is 16.6 Å². The molecule has 2 rings (SSSR count). The lowest BCUT2D eigenvalue weighted by Gasteiger charge is -2.09. The summed E-state index contributed by atoms with van der Waals surface area (Å²) in [5.74, 6) is 0. The SMILES string of the molecule is Cc1ccn(CCCNS(=O)(=O)c2cc(Cl)c(Cl)cc2Cl)n1. The summed E-state index contributed by atoms with van der Waals surface area (Å²) in [7, 11) is -3.73. The van der Waals surface area contributed by atoms with Gasteiger partial charge in [-0.2, -0.15) is 5.10 Å². The van der Waals surface area contributed by atoms with Crippen molar-refractivity contribution in [2.24, 2.45) is 0 Å². The van der Waals surface area contributed by atoms with Gasteiger partial charge < -0.3 is 0 Å². The molecule has 5 nitrogen and oxygen atoms in total. The van der Waals surface area contributed by atoms with E-state index < -0.39 is 10.0 Å². The number of aryl methyl sites for hydroxylation is 2. The molecule has 0 saturated heterocycles. The number of benzene rings is 1. The Hall–Kier alpha value is -0.790. The minimum Gasteiger partial charge on any atom is -0.272 e. The Labute approximate surface area is 144 Å². The molecular weight excluding hydrogens is 369 g/mol. The largest absolute Gasteiger partial charge is 0.272 e. The van der Waals surface area contributed by atoms with Gasteiger partial charge in [0.1, 0.15) is 4.90 Å². The lowest BCUT2D eigenvalue weighted by Crippen LogP contribution is -2.26. The van der Waals surface area contributed by atoms with E-state index in [1.165, 1.54) is 12.1 Å². The Bertz CT molecular complexity index is 775. The van der Waals surface area contributed by atoms with Crippen molar-refractivity contribution in [2.75, 3.05) is 6.54 Å². The van der Waals surface area contributed by atoms with Gasteiger partial charge in [0.2, 0.25) is 10.0 Å². The van der Waals surface area contributed by atoms with Gasteiger partial charge in [-0.25, -0.2) is 13.1 Å². The molecule has 1 N–H and O–H groups in total. The molecule has 0 bridgehead atoms. The Morgan fingerprint density at radius 3 is 2.50 bits per heavy atom. The topological polar surface area (TPSA) is 64.0 Å². The van der Waals surface area contributed by atoms with Crippen molar-refractivity contribution in [3.05, 3.63) is 45.2 Å². The first-order valence-electron chi connectivity index (χ1n) is 6.44. The molecule has 0 aliphatic rings.